The molecule has 1 fully saturated rings. The number of morpholine rings is 1. The fourth-order valence-corrected chi connectivity index (χ4v) is 2.58. The maximum atomic E-state index is 12.4. The molecule has 128 valence electrons. The Kier molecular flexibility index (Phi) is 4.90. The molecule has 0 aromatic carbocycles. The maximum absolute atomic E-state index is 12.4. The largest absolute Gasteiger partial charge is 0.481 e. The molecule has 0 saturated carbocycles. The van der Waals surface area contributed by atoms with Crippen molar-refractivity contribution in [2.45, 2.75) is 25.3 Å². The van der Waals surface area contributed by atoms with Crippen LogP contribution in [0.1, 0.15) is 18.7 Å². The number of ether oxygens (including phenoxy) is 1. The zero-order valence-corrected chi connectivity index (χ0v) is 12.9. The smallest absolute Gasteiger partial charge is 0.305 e. The molecule has 9 nitrogen and oxygen atoms in total. The monoisotopic (exact) mass is 335 g/mol. The summed E-state index contributed by atoms with van der Waals surface area (Å²) in [4.78, 5) is 29.0. The van der Waals surface area contributed by atoms with E-state index in [1.807, 2.05) is 0 Å². The Morgan fingerprint density at radius 3 is 3.04 bits per heavy atom. The number of carboxylic acid groups (broad SMARTS) is 1. The van der Waals surface area contributed by atoms with E-state index in [9.17, 15) is 9.59 Å². The normalized spacial score (nSPS) is 17.8. The fourth-order valence-electron chi connectivity index (χ4n) is 2.58. The van der Waals surface area contributed by atoms with Crippen LogP contribution in [0.4, 0.5) is 0 Å². The summed E-state index contributed by atoms with van der Waals surface area (Å²) < 4.78 is 15.3. The summed E-state index contributed by atoms with van der Waals surface area (Å²) in [5.41, 5.74) is 0.700. The quantitative estimate of drug-likeness (QED) is 0.829. The van der Waals surface area contributed by atoms with Crippen LogP contribution in [0, 0.1) is 0 Å². The van der Waals surface area contributed by atoms with Crippen molar-refractivity contribution in [3.63, 3.8) is 0 Å². The molecular formula is C15H17N3O6. The van der Waals surface area contributed by atoms with E-state index in [4.69, 9.17) is 18.8 Å². The van der Waals surface area contributed by atoms with Gasteiger partial charge in [-0.25, -0.2) is 0 Å². The van der Waals surface area contributed by atoms with Gasteiger partial charge in [0.05, 0.1) is 37.5 Å². The van der Waals surface area contributed by atoms with Crippen molar-refractivity contribution < 1.29 is 28.4 Å². The summed E-state index contributed by atoms with van der Waals surface area (Å²) in [6.07, 6.45) is 3.35. The summed E-state index contributed by atoms with van der Waals surface area (Å²) >= 11 is 0. The number of carboxylic acids is 1. The fraction of sp³-hybridized carbons (Fsp3) is 0.467. The molecule has 0 bridgehead atoms. The third kappa shape index (κ3) is 3.80. The topological polar surface area (TPSA) is 119 Å². The molecule has 1 aliphatic heterocycles. The first-order chi connectivity index (χ1) is 11.6. The maximum Gasteiger partial charge on any atom is 0.305 e. The van der Waals surface area contributed by atoms with Gasteiger partial charge < -0.3 is 23.7 Å². The van der Waals surface area contributed by atoms with Crippen molar-refractivity contribution in [3.05, 3.63) is 24.5 Å². The number of hydrogen-bond acceptors (Lipinski definition) is 7. The minimum Gasteiger partial charge on any atom is -0.481 e. The highest BCUT2D eigenvalue weighted by atomic mass is 16.5. The van der Waals surface area contributed by atoms with Crippen LogP contribution >= 0.6 is 0 Å². The third-order valence-corrected chi connectivity index (χ3v) is 3.76. The number of amides is 1. The molecule has 1 saturated heterocycles. The van der Waals surface area contributed by atoms with Gasteiger partial charge in [-0.1, -0.05) is 5.16 Å². The first-order valence-corrected chi connectivity index (χ1v) is 7.57. The lowest BCUT2D eigenvalue weighted by Crippen LogP contribution is -2.49. The number of nitrogens with zero attached hydrogens (tertiary/aromatic N) is 3. The highest BCUT2D eigenvalue weighted by Crippen LogP contribution is 2.17. The van der Waals surface area contributed by atoms with Gasteiger partial charge in [-0.2, -0.15) is 4.98 Å². The van der Waals surface area contributed by atoms with E-state index in [1.54, 1.807) is 11.0 Å². The first kappa shape index (κ1) is 16.2. The van der Waals surface area contributed by atoms with Crippen LogP contribution < -0.4 is 0 Å². The van der Waals surface area contributed by atoms with Gasteiger partial charge in [-0.3, -0.25) is 9.59 Å². The van der Waals surface area contributed by atoms with Gasteiger partial charge in [-0.15, -0.1) is 0 Å². The Morgan fingerprint density at radius 2 is 2.29 bits per heavy atom. The predicted molar refractivity (Wildman–Crippen MR) is 78.9 cm³/mol. The lowest BCUT2D eigenvalue weighted by atomic mass is 10.1. The molecule has 24 heavy (non-hydrogen) atoms. The second-order valence-corrected chi connectivity index (χ2v) is 5.44. The van der Waals surface area contributed by atoms with Crippen molar-refractivity contribution in [3.8, 4) is 11.4 Å². The van der Waals surface area contributed by atoms with E-state index >= 15 is 0 Å². The molecule has 0 radical (unpaired) electrons. The highest BCUT2D eigenvalue weighted by Gasteiger charge is 2.29. The molecule has 1 amide bonds. The Bertz CT molecular complexity index is 696. The number of rotatable bonds is 6. The van der Waals surface area contributed by atoms with Gasteiger partial charge in [0.2, 0.25) is 17.6 Å². The second kappa shape index (κ2) is 7.26. The molecule has 2 aromatic heterocycles. The van der Waals surface area contributed by atoms with Crippen LogP contribution in [-0.4, -0.2) is 57.8 Å². The number of aryl methyl sites for hydroxylation is 1. The minimum atomic E-state index is -0.954. The van der Waals surface area contributed by atoms with Gasteiger partial charge in [0, 0.05) is 19.4 Å². The summed E-state index contributed by atoms with van der Waals surface area (Å²) in [7, 11) is 0. The number of aromatic nitrogens is 2. The molecular weight excluding hydrogens is 318 g/mol. The SMILES string of the molecule is O=C(O)CC1COCCN1C(=O)CCc1nc(-c2ccoc2)no1. The zero-order valence-electron chi connectivity index (χ0n) is 12.9. The Morgan fingerprint density at radius 1 is 1.42 bits per heavy atom. The van der Waals surface area contributed by atoms with Crippen LogP contribution in [0.15, 0.2) is 27.5 Å². The number of carbonyl (C=O) groups is 2. The van der Waals surface area contributed by atoms with E-state index in [2.05, 4.69) is 10.1 Å². The third-order valence-electron chi connectivity index (χ3n) is 3.76. The van der Waals surface area contributed by atoms with Crippen molar-refractivity contribution >= 4 is 11.9 Å². The second-order valence-electron chi connectivity index (χ2n) is 5.44. The number of carbonyl (C=O) groups excluding carboxylic acids is 1. The van der Waals surface area contributed by atoms with E-state index < -0.39 is 12.0 Å². The average Bonchev–Trinajstić information content (AvgIpc) is 3.24. The molecule has 1 aliphatic rings. The molecule has 0 spiro atoms. The Labute approximate surface area is 137 Å². The molecule has 1 N–H and O–H groups in total. The van der Waals surface area contributed by atoms with Gasteiger partial charge >= 0.3 is 5.97 Å². The van der Waals surface area contributed by atoms with E-state index in [1.165, 1.54) is 12.5 Å². The van der Waals surface area contributed by atoms with Crippen LogP contribution in [0.2, 0.25) is 0 Å². The lowest BCUT2D eigenvalue weighted by molar-refractivity contribution is -0.146. The van der Waals surface area contributed by atoms with Gasteiger partial charge in [0.25, 0.3) is 0 Å². The average molecular weight is 335 g/mol. The summed E-state index contributed by atoms with van der Waals surface area (Å²) in [6, 6.07) is 1.28. The van der Waals surface area contributed by atoms with Crippen molar-refractivity contribution in [2.75, 3.05) is 19.8 Å². The molecule has 0 aliphatic carbocycles. The van der Waals surface area contributed by atoms with Crippen LogP contribution in [0.5, 0.6) is 0 Å². The molecule has 2 aromatic rings. The number of furan rings is 1. The molecule has 1 atom stereocenters. The summed E-state index contributed by atoms with van der Waals surface area (Å²) in [5.74, 6) is -0.346. The first-order valence-electron chi connectivity index (χ1n) is 7.57. The van der Waals surface area contributed by atoms with E-state index in [0.29, 0.717) is 36.9 Å². The highest BCUT2D eigenvalue weighted by molar-refractivity contribution is 5.78. The minimum absolute atomic E-state index is 0.128. The predicted octanol–water partition coefficient (Wildman–Crippen LogP) is 0.964. The van der Waals surface area contributed by atoms with E-state index in [0.717, 1.165) is 0 Å². The van der Waals surface area contributed by atoms with Crippen LogP contribution in [-0.2, 0) is 20.7 Å². The van der Waals surface area contributed by atoms with Gasteiger partial charge in [0.1, 0.15) is 6.26 Å². The van der Waals surface area contributed by atoms with Gasteiger partial charge in [0.15, 0.2) is 0 Å². The van der Waals surface area contributed by atoms with E-state index in [-0.39, 0.29) is 25.4 Å². The summed E-state index contributed by atoms with van der Waals surface area (Å²) in [5, 5.41) is 12.8. The van der Waals surface area contributed by atoms with Crippen LogP contribution in [0.3, 0.4) is 0 Å². The Balaban J connectivity index is 1.57. The van der Waals surface area contributed by atoms with Crippen molar-refractivity contribution in [1.82, 2.24) is 15.0 Å². The van der Waals surface area contributed by atoms with Crippen molar-refractivity contribution in [2.24, 2.45) is 0 Å². The summed E-state index contributed by atoms with van der Waals surface area (Å²) in [6.45, 7) is 1.04. The standard InChI is InChI=1S/C15H17N3O6/c19-13(18-4-6-23-9-11(18)7-14(20)21)2-1-12-16-15(17-24-12)10-3-5-22-8-10/h3,5,8,11H,1-2,4,6-7,9H2,(H,20,21). The molecule has 9 heteroatoms. The van der Waals surface area contributed by atoms with Crippen molar-refractivity contribution in [1.29, 1.82) is 0 Å². The zero-order chi connectivity index (χ0) is 16.9. The van der Waals surface area contributed by atoms with Crippen LogP contribution in [0.25, 0.3) is 11.4 Å². The lowest BCUT2D eigenvalue weighted by Gasteiger charge is -2.34. The Hall–Kier alpha value is -2.68. The molecule has 3 rings (SSSR count). The molecule has 1 unspecified atom stereocenters. The molecule has 3 heterocycles. The number of aliphatic carboxylic acids is 1. The number of hydrogen-bond donors (Lipinski definition) is 1. The van der Waals surface area contributed by atoms with Gasteiger partial charge in [-0.05, 0) is 6.07 Å².